The van der Waals surface area contributed by atoms with Crippen LogP contribution in [0.5, 0.6) is 0 Å². The third-order valence-electron chi connectivity index (χ3n) is 1.58. The number of carbonyl (C=O) groups is 2. The maximum atomic E-state index is 11.4. The molecule has 0 saturated carbocycles. The molecule has 3 heteroatoms. The summed E-state index contributed by atoms with van der Waals surface area (Å²) in [4.78, 5) is 22.1. The molecule has 0 spiro atoms. The Morgan fingerprint density at radius 3 is 2.00 bits per heavy atom. The van der Waals surface area contributed by atoms with Gasteiger partial charge in [0.1, 0.15) is 5.78 Å². The fraction of sp³-hybridized carbons (Fsp3) is 0.778. The Morgan fingerprint density at radius 2 is 1.75 bits per heavy atom. The second-order valence-electron chi connectivity index (χ2n) is 4.13. The Bertz CT molecular complexity index is 191. The zero-order valence-electron chi connectivity index (χ0n) is 8.18. The van der Waals surface area contributed by atoms with Crippen LogP contribution in [0.4, 0.5) is 0 Å². The number of rotatable bonds is 3. The number of hydrogen-bond acceptors (Lipinski definition) is 3. The minimum atomic E-state index is -0.637. The molecule has 0 heterocycles. The number of hydrogen-bond donors (Lipinski definition) is 1. The SMILES string of the molecule is CC(=O)C[C@H](N)C(=O)C(C)(C)C. The van der Waals surface area contributed by atoms with Crippen molar-refractivity contribution in [2.75, 3.05) is 0 Å². The largest absolute Gasteiger partial charge is 0.321 e. The first kappa shape index (κ1) is 11.3. The minimum absolute atomic E-state index is 0.0416. The van der Waals surface area contributed by atoms with Crippen molar-refractivity contribution in [2.24, 2.45) is 11.1 Å². The molecule has 0 aliphatic rings. The molecule has 0 saturated heterocycles. The van der Waals surface area contributed by atoms with E-state index in [1.54, 1.807) is 20.8 Å². The van der Waals surface area contributed by atoms with E-state index < -0.39 is 11.5 Å². The smallest absolute Gasteiger partial charge is 0.155 e. The standard InChI is InChI=1S/C9H17NO2/c1-6(11)5-7(10)8(12)9(2,3)4/h7H,5,10H2,1-4H3/t7-/m0/s1. The maximum Gasteiger partial charge on any atom is 0.155 e. The van der Waals surface area contributed by atoms with Crippen molar-refractivity contribution >= 4 is 11.6 Å². The predicted octanol–water partition coefficient (Wildman–Crippen LogP) is 0.908. The highest BCUT2D eigenvalue weighted by atomic mass is 16.1. The summed E-state index contributed by atoms with van der Waals surface area (Å²) in [6, 6.07) is -0.637. The van der Waals surface area contributed by atoms with Gasteiger partial charge in [-0.05, 0) is 6.92 Å². The summed E-state index contributed by atoms with van der Waals surface area (Å²) in [6.45, 7) is 6.84. The van der Waals surface area contributed by atoms with Gasteiger partial charge in [0.2, 0.25) is 0 Å². The molecule has 0 aliphatic heterocycles. The van der Waals surface area contributed by atoms with Crippen LogP contribution in [-0.4, -0.2) is 17.6 Å². The van der Waals surface area contributed by atoms with Gasteiger partial charge >= 0.3 is 0 Å². The molecule has 1 atom stereocenters. The number of nitrogens with two attached hydrogens (primary N) is 1. The van der Waals surface area contributed by atoms with Crippen LogP contribution < -0.4 is 5.73 Å². The topological polar surface area (TPSA) is 60.2 Å². The third-order valence-corrected chi connectivity index (χ3v) is 1.58. The molecule has 0 aromatic rings. The molecule has 3 nitrogen and oxygen atoms in total. The average Bonchev–Trinajstić information content (AvgIpc) is 1.82. The Balaban J connectivity index is 4.21. The summed E-state index contributed by atoms with van der Waals surface area (Å²) in [7, 11) is 0. The van der Waals surface area contributed by atoms with Crippen molar-refractivity contribution in [2.45, 2.75) is 40.2 Å². The highest BCUT2D eigenvalue weighted by Crippen LogP contribution is 2.17. The lowest BCUT2D eigenvalue weighted by Gasteiger charge is -2.20. The van der Waals surface area contributed by atoms with E-state index in [9.17, 15) is 9.59 Å². The van der Waals surface area contributed by atoms with Crippen molar-refractivity contribution in [3.63, 3.8) is 0 Å². The molecule has 0 amide bonds. The second-order valence-corrected chi connectivity index (χ2v) is 4.13. The predicted molar refractivity (Wildman–Crippen MR) is 47.7 cm³/mol. The number of ketones is 2. The van der Waals surface area contributed by atoms with Gasteiger partial charge in [-0.15, -0.1) is 0 Å². The first-order chi connectivity index (χ1) is 5.25. The van der Waals surface area contributed by atoms with Crippen molar-refractivity contribution < 1.29 is 9.59 Å². The molecule has 0 aliphatic carbocycles. The zero-order valence-corrected chi connectivity index (χ0v) is 8.18. The summed E-state index contributed by atoms with van der Waals surface area (Å²) in [5, 5.41) is 0. The highest BCUT2D eigenvalue weighted by molar-refractivity contribution is 5.92. The summed E-state index contributed by atoms with van der Waals surface area (Å²) >= 11 is 0. The molecule has 0 unspecified atom stereocenters. The van der Waals surface area contributed by atoms with Gasteiger partial charge in [0.15, 0.2) is 5.78 Å². The number of carbonyl (C=O) groups excluding carboxylic acids is 2. The molecular weight excluding hydrogens is 154 g/mol. The molecule has 12 heavy (non-hydrogen) atoms. The van der Waals surface area contributed by atoms with Crippen LogP contribution in [0, 0.1) is 5.41 Å². The fourth-order valence-corrected chi connectivity index (χ4v) is 0.959. The van der Waals surface area contributed by atoms with Crippen LogP contribution in [0.3, 0.4) is 0 Å². The molecule has 0 bridgehead atoms. The van der Waals surface area contributed by atoms with Crippen LogP contribution in [-0.2, 0) is 9.59 Å². The van der Waals surface area contributed by atoms with Gasteiger partial charge in [0.05, 0.1) is 6.04 Å². The lowest BCUT2D eigenvalue weighted by Crippen LogP contribution is -2.40. The summed E-state index contributed by atoms with van der Waals surface area (Å²) in [6.07, 6.45) is 0.149. The average molecular weight is 171 g/mol. The van der Waals surface area contributed by atoms with Gasteiger partial charge in [-0.25, -0.2) is 0 Å². The van der Waals surface area contributed by atoms with Crippen molar-refractivity contribution in [1.29, 1.82) is 0 Å². The summed E-state index contributed by atoms with van der Waals surface area (Å²) < 4.78 is 0. The molecule has 0 radical (unpaired) electrons. The van der Waals surface area contributed by atoms with E-state index in [1.807, 2.05) is 0 Å². The second kappa shape index (κ2) is 3.81. The Kier molecular flexibility index (Phi) is 3.58. The monoisotopic (exact) mass is 171 g/mol. The quantitative estimate of drug-likeness (QED) is 0.686. The molecule has 0 aromatic heterocycles. The molecule has 0 aromatic carbocycles. The summed E-state index contributed by atoms with van der Waals surface area (Å²) in [5.74, 6) is -0.0993. The van der Waals surface area contributed by atoms with E-state index >= 15 is 0 Å². The first-order valence-corrected chi connectivity index (χ1v) is 4.04. The summed E-state index contributed by atoms with van der Waals surface area (Å²) in [5.41, 5.74) is 5.08. The van der Waals surface area contributed by atoms with E-state index in [-0.39, 0.29) is 18.0 Å². The van der Waals surface area contributed by atoms with Crippen LogP contribution in [0.25, 0.3) is 0 Å². The molecule has 0 fully saturated rings. The molecule has 70 valence electrons. The van der Waals surface area contributed by atoms with Crippen molar-refractivity contribution in [3.8, 4) is 0 Å². The Labute approximate surface area is 73.3 Å². The molecule has 0 rings (SSSR count). The first-order valence-electron chi connectivity index (χ1n) is 4.04. The van der Waals surface area contributed by atoms with Crippen LogP contribution >= 0.6 is 0 Å². The Hall–Kier alpha value is -0.700. The van der Waals surface area contributed by atoms with E-state index in [4.69, 9.17) is 5.73 Å². The Morgan fingerprint density at radius 1 is 1.33 bits per heavy atom. The van der Waals surface area contributed by atoms with Crippen molar-refractivity contribution in [1.82, 2.24) is 0 Å². The molecular formula is C9H17NO2. The van der Waals surface area contributed by atoms with Crippen molar-refractivity contribution in [3.05, 3.63) is 0 Å². The number of Topliss-reactive ketones (excluding diaryl/α,β-unsaturated/α-hetero) is 2. The minimum Gasteiger partial charge on any atom is -0.321 e. The van der Waals surface area contributed by atoms with E-state index in [1.165, 1.54) is 6.92 Å². The van der Waals surface area contributed by atoms with E-state index in [2.05, 4.69) is 0 Å². The van der Waals surface area contributed by atoms with Crippen LogP contribution in [0.15, 0.2) is 0 Å². The normalized spacial score (nSPS) is 14.1. The van der Waals surface area contributed by atoms with Gasteiger partial charge in [0, 0.05) is 11.8 Å². The third kappa shape index (κ3) is 3.62. The van der Waals surface area contributed by atoms with E-state index in [0.717, 1.165) is 0 Å². The van der Waals surface area contributed by atoms with Crippen LogP contribution in [0.1, 0.15) is 34.1 Å². The van der Waals surface area contributed by atoms with Gasteiger partial charge in [-0.2, -0.15) is 0 Å². The highest BCUT2D eigenvalue weighted by Gasteiger charge is 2.27. The lowest BCUT2D eigenvalue weighted by atomic mass is 9.85. The lowest BCUT2D eigenvalue weighted by molar-refractivity contribution is -0.130. The van der Waals surface area contributed by atoms with Gasteiger partial charge in [0.25, 0.3) is 0 Å². The van der Waals surface area contributed by atoms with Gasteiger partial charge < -0.3 is 5.73 Å². The molecule has 2 N–H and O–H groups in total. The fourth-order valence-electron chi connectivity index (χ4n) is 0.959. The van der Waals surface area contributed by atoms with Gasteiger partial charge in [-0.1, -0.05) is 20.8 Å². The van der Waals surface area contributed by atoms with E-state index in [0.29, 0.717) is 0 Å². The van der Waals surface area contributed by atoms with Gasteiger partial charge in [-0.3, -0.25) is 9.59 Å². The maximum absolute atomic E-state index is 11.4. The van der Waals surface area contributed by atoms with Crippen LogP contribution in [0.2, 0.25) is 0 Å². The zero-order chi connectivity index (χ0) is 9.94.